The normalized spacial score (nSPS) is 23.8. The van der Waals surface area contributed by atoms with Gasteiger partial charge in [0.15, 0.2) is 0 Å². The summed E-state index contributed by atoms with van der Waals surface area (Å²) in [7, 11) is -2.62. The Labute approximate surface area is 196 Å². The van der Waals surface area contributed by atoms with Crippen molar-refractivity contribution in [3.63, 3.8) is 0 Å². The van der Waals surface area contributed by atoms with E-state index in [-0.39, 0.29) is 23.4 Å². The summed E-state index contributed by atoms with van der Waals surface area (Å²) in [6.07, 6.45) is 8.16. The molecule has 1 aliphatic heterocycles. The fourth-order valence-electron chi connectivity index (χ4n) is 5.18. The molecular weight excluding hydrogens is 408 g/mol. The van der Waals surface area contributed by atoms with Gasteiger partial charge in [0.05, 0.1) is 18.3 Å². The largest absolute Gasteiger partial charge is 0.401 e. The first-order chi connectivity index (χ1) is 15.3. The van der Waals surface area contributed by atoms with Crippen molar-refractivity contribution < 1.29 is 9.16 Å². The van der Waals surface area contributed by atoms with Crippen molar-refractivity contribution in [2.24, 2.45) is 5.92 Å². The van der Waals surface area contributed by atoms with Gasteiger partial charge in [-0.25, -0.2) is 0 Å². The van der Waals surface area contributed by atoms with E-state index >= 15 is 0 Å². The summed E-state index contributed by atoms with van der Waals surface area (Å²) < 4.78 is 14.1. The lowest BCUT2D eigenvalue weighted by Crippen LogP contribution is -2.68. The number of hydrogen-bond acceptors (Lipinski definition) is 2. The molecule has 2 aromatic rings. The Bertz CT molecular complexity index is 816. The summed E-state index contributed by atoms with van der Waals surface area (Å²) >= 11 is 0. The lowest BCUT2D eigenvalue weighted by Gasteiger charge is -2.46. The van der Waals surface area contributed by atoms with E-state index in [9.17, 15) is 0 Å². The number of ether oxygens (including phenoxy) is 1. The highest BCUT2D eigenvalue weighted by atomic mass is 28.4. The number of allylic oxidation sites excluding steroid dienone is 2. The summed E-state index contributed by atoms with van der Waals surface area (Å²) in [6, 6.07) is 21.8. The summed E-state index contributed by atoms with van der Waals surface area (Å²) in [5, 5.41) is 2.60. The summed E-state index contributed by atoms with van der Waals surface area (Å²) in [6.45, 7) is 17.2. The Morgan fingerprint density at radius 1 is 0.844 bits per heavy atom. The molecule has 0 aromatic heterocycles. The molecule has 0 bridgehead atoms. The van der Waals surface area contributed by atoms with Gasteiger partial charge in [-0.05, 0) is 41.1 Å². The zero-order valence-electron chi connectivity index (χ0n) is 20.3. The SMILES string of the molecule is C=CCC[C@@H]1O[C@H](CCC=C)[C@@H](C)[C@H]1O[Si](c1ccccc1)(c1ccccc1)C(C)(C)C. The minimum absolute atomic E-state index is 0.0440. The molecule has 32 heavy (non-hydrogen) atoms. The van der Waals surface area contributed by atoms with Crippen LogP contribution in [-0.2, 0) is 9.16 Å². The topological polar surface area (TPSA) is 18.5 Å². The Morgan fingerprint density at radius 3 is 1.75 bits per heavy atom. The summed E-state index contributed by atoms with van der Waals surface area (Å²) in [5.74, 6) is 0.325. The number of hydrogen-bond donors (Lipinski definition) is 0. The van der Waals surface area contributed by atoms with Crippen molar-refractivity contribution in [2.75, 3.05) is 0 Å². The Hall–Kier alpha value is -1.94. The highest BCUT2D eigenvalue weighted by molar-refractivity contribution is 6.99. The molecule has 2 aromatic carbocycles. The molecule has 0 aliphatic carbocycles. The van der Waals surface area contributed by atoms with Gasteiger partial charge in [-0.15, -0.1) is 13.2 Å². The van der Waals surface area contributed by atoms with Gasteiger partial charge in [-0.3, -0.25) is 0 Å². The van der Waals surface area contributed by atoms with Crippen molar-refractivity contribution >= 4 is 18.7 Å². The predicted octanol–water partition coefficient (Wildman–Crippen LogP) is 6.27. The average Bonchev–Trinajstić information content (AvgIpc) is 3.09. The van der Waals surface area contributed by atoms with Gasteiger partial charge in [0.2, 0.25) is 0 Å². The molecule has 1 fully saturated rings. The quantitative estimate of drug-likeness (QED) is 0.315. The van der Waals surface area contributed by atoms with E-state index in [4.69, 9.17) is 9.16 Å². The van der Waals surface area contributed by atoms with Gasteiger partial charge < -0.3 is 9.16 Å². The maximum absolute atomic E-state index is 7.52. The zero-order valence-corrected chi connectivity index (χ0v) is 21.3. The molecule has 3 heteroatoms. The standard InChI is InChI=1S/C29H40O2Si/c1-7-9-21-26-23(3)28(27(30-26)22-10-8-2)31-32(29(4,5)6,24-17-13-11-14-18-24)25-19-15-12-16-20-25/h7-8,11-20,23,26-28H,1-2,9-10,21-22H2,3-6H3/t23-,26-,27+,28-/m1/s1. The fourth-order valence-corrected chi connectivity index (χ4v) is 9.97. The first-order valence-electron chi connectivity index (χ1n) is 12.0. The van der Waals surface area contributed by atoms with E-state index < -0.39 is 8.32 Å². The molecular formula is C29H40O2Si. The van der Waals surface area contributed by atoms with Gasteiger partial charge in [-0.2, -0.15) is 0 Å². The number of rotatable bonds is 10. The molecule has 0 spiro atoms. The van der Waals surface area contributed by atoms with Gasteiger partial charge in [0.1, 0.15) is 0 Å². The molecule has 3 rings (SSSR count). The van der Waals surface area contributed by atoms with Gasteiger partial charge >= 0.3 is 0 Å². The summed E-state index contributed by atoms with van der Waals surface area (Å²) in [4.78, 5) is 0. The second kappa shape index (κ2) is 10.8. The zero-order chi connectivity index (χ0) is 23.2. The van der Waals surface area contributed by atoms with Crippen LogP contribution in [0.3, 0.4) is 0 Å². The Kier molecular flexibility index (Phi) is 8.32. The fraction of sp³-hybridized carbons (Fsp3) is 0.448. The van der Waals surface area contributed by atoms with Gasteiger partial charge in [0.25, 0.3) is 8.32 Å². The monoisotopic (exact) mass is 448 g/mol. The molecule has 2 nitrogen and oxygen atoms in total. The summed E-state index contributed by atoms with van der Waals surface area (Å²) in [5.41, 5.74) is 0. The van der Waals surface area contributed by atoms with Crippen molar-refractivity contribution in [3.8, 4) is 0 Å². The van der Waals surface area contributed by atoms with Crippen LogP contribution in [0.4, 0.5) is 0 Å². The van der Waals surface area contributed by atoms with E-state index in [1.165, 1.54) is 10.4 Å². The minimum atomic E-state index is -2.62. The minimum Gasteiger partial charge on any atom is -0.401 e. The van der Waals surface area contributed by atoms with Crippen LogP contribution in [-0.4, -0.2) is 26.6 Å². The molecule has 172 valence electrons. The molecule has 0 N–H and O–H groups in total. The van der Waals surface area contributed by atoms with E-state index in [1.54, 1.807) is 0 Å². The number of benzene rings is 2. The van der Waals surface area contributed by atoms with Crippen LogP contribution in [0.1, 0.15) is 53.4 Å². The molecule has 0 unspecified atom stereocenters. The van der Waals surface area contributed by atoms with Crippen LogP contribution < -0.4 is 10.4 Å². The Balaban J connectivity index is 2.10. The molecule has 0 amide bonds. The lowest BCUT2D eigenvalue weighted by molar-refractivity contribution is 0.00749. The van der Waals surface area contributed by atoms with E-state index in [2.05, 4.69) is 102 Å². The Morgan fingerprint density at radius 2 is 1.31 bits per heavy atom. The van der Waals surface area contributed by atoms with E-state index in [0.717, 1.165) is 25.7 Å². The highest BCUT2D eigenvalue weighted by Crippen LogP contribution is 2.42. The van der Waals surface area contributed by atoms with Crippen LogP contribution in [0.5, 0.6) is 0 Å². The molecule has 1 heterocycles. The first-order valence-corrected chi connectivity index (χ1v) is 13.9. The lowest BCUT2D eigenvalue weighted by atomic mass is 9.94. The van der Waals surface area contributed by atoms with Gasteiger partial charge in [-0.1, -0.05) is 101 Å². The van der Waals surface area contributed by atoms with E-state index in [0.29, 0.717) is 5.92 Å². The molecule has 1 saturated heterocycles. The second-order valence-electron chi connectivity index (χ2n) is 10.0. The first kappa shape index (κ1) is 24.7. The van der Waals surface area contributed by atoms with Gasteiger partial charge in [0, 0.05) is 5.92 Å². The van der Waals surface area contributed by atoms with Crippen LogP contribution in [0, 0.1) is 5.92 Å². The molecule has 0 radical (unpaired) electrons. The third kappa shape index (κ3) is 5.01. The highest BCUT2D eigenvalue weighted by Gasteiger charge is 2.54. The third-order valence-corrected chi connectivity index (χ3v) is 11.9. The van der Waals surface area contributed by atoms with Crippen molar-refractivity contribution in [3.05, 3.63) is 86.0 Å². The predicted molar refractivity (Wildman–Crippen MR) is 139 cm³/mol. The van der Waals surface area contributed by atoms with Crippen molar-refractivity contribution in [2.45, 2.75) is 76.7 Å². The van der Waals surface area contributed by atoms with Crippen LogP contribution in [0.2, 0.25) is 5.04 Å². The third-order valence-electron chi connectivity index (χ3n) is 6.86. The molecule has 1 aliphatic rings. The van der Waals surface area contributed by atoms with E-state index in [1.807, 2.05) is 12.2 Å². The van der Waals surface area contributed by atoms with Crippen LogP contribution in [0.15, 0.2) is 86.0 Å². The average molecular weight is 449 g/mol. The van der Waals surface area contributed by atoms with Crippen LogP contribution >= 0.6 is 0 Å². The second-order valence-corrected chi connectivity index (χ2v) is 14.3. The molecule has 0 saturated carbocycles. The molecule has 4 atom stereocenters. The maximum Gasteiger partial charge on any atom is 0.261 e. The smallest absolute Gasteiger partial charge is 0.261 e. The van der Waals surface area contributed by atoms with Crippen molar-refractivity contribution in [1.29, 1.82) is 0 Å². The maximum atomic E-state index is 7.52. The van der Waals surface area contributed by atoms with Crippen LogP contribution in [0.25, 0.3) is 0 Å². The van der Waals surface area contributed by atoms with Crippen molar-refractivity contribution in [1.82, 2.24) is 0 Å².